The highest BCUT2D eigenvalue weighted by atomic mass is 19.1. The van der Waals surface area contributed by atoms with E-state index in [-0.39, 0.29) is 11.6 Å². The van der Waals surface area contributed by atoms with Crippen molar-refractivity contribution in [1.82, 2.24) is 19.8 Å². The maximum Gasteiger partial charge on any atom is 0.211 e. The number of carbonyl (C=O) groups excluding carboxylic acids is 1. The molecule has 0 amide bonds. The second kappa shape index (κ2) is 5.30. The fourth-order valence-corrected chi connectivity index (χ4v) is 2.40. The quantitative estimate of drug-likeness (QED) is 0.854. The molecule has 5 nitrogen and oxygen atoms in total. The van der Waals surface area contributed by atoms with Crippen molar-refractivity contribution >= 4 is 16.8 Å². The number of hydrogen-bond acceptors (Lipinski definition) is 4. The molecule has 2 aromatic rings. The van der Waals surface area contributed by atoms with Crippen LogP contribution in [0.15, 0.2) is 18.2 Å². The maximum atomic E-state index is 13.1. The Balaban J connectivity index is 1.72. The van der Waals surface area contributed by atoms with E-state index in [9.17, 15) is 9.18 Å². The lowest BCUT2D eigenvalue weighted by Crippen LogP contribution is -2.46. The minimum atomic E-state index is -0.334. The summed E-state index contributed by atoms with van der Waals surface area (Å²) < 4.78 is 13.1. The van der Waals surface area contributed by atoms with Crippen molar-refractivity contribution in [2.75, 3.05) is 39.8 Å². The van der Waals surface area contributed by atoms with Crippen LogP contribution in [0.4, 0.5) is 4.39 Å². The summed E-state index contributed by atoms with van der Waals surface area (Å²) in [6, 6.07) is 4.28. The normalized spacial score (nSPS) is 17.7. The monoisotopic (exact) mass is 276 g/mol. The minimum absolute atomic E-state index is 0.0499. The number of aromatic amines is 1. The number of carbonyl (C=O) groups is 1. The van der Waals surface area contributed by atoms with Crippen LogP contribution in [-0.2, 0) is 0 Å². The van der Waals surface area contributed by atoms with Gasteiger partial charge in [0.15, 0.2) is 5.82 Å². The van der Waals surface area contributed by atoms with Crippen molar-refractivity contribution in [1.29, 1.82) is 0 Å². The first-order valence-electron chi connectivity index (χ1n) is 6.71. The van der Waals surface area contributed by atoms with Gasteiger partial charge in [0, 0.05) is 26.2 Å². The molecular formula is C14H17FN4O. The van der Waals surface area contributed by atoms with Crippen molar-refractivity contribution in [2.45, 2.75) is 0 Å². The van der Waals surface area contributed by atoms with Gasteiger partial charge in [0.05, 0.1) is 17.6 Å². The summed E-state index contributed by atoms with van der Waals surface area (Å²) in [5.74, 6) is -0.0742. The van der Waals surface area contributed by atoms with Crippen LogP contribution in [0.1, 0.15) is 10.6 Å². The largest absolute Gasteiger partial charge is 0.335 e. The second-order valence-corrected chi connectivity index (χ2v) is 5.25. The molecule has 0 saturated carbocycles. The zero-order valence-corrected chi connectivity index (χ0v) is 11.4. The molecule has 0 bridgehead atoms. The summed E-state index contributed by atoms with van der Waals surface area (Å²) in [5, 5.41) is 0. The molecule has 0 unspecified atom stereocenters. The lowest BCUT2D eigenvalue weighted by atomic mass is 10.3. The number of nitrogens with zero attached hydrogens (tertiary/aromatic N) is 3. The Hall–Kier alpha value is -1.79. The molecule has 0 radical (unpaired) electrons. The third-order valence-corrected chi connectivity index (χ3v) is 3.67. The van der Waals surface area contributed by atoms with Gasteiger partial charge in [-0.1, -0.05) is 0 Å². The fraction of sp³-hybridized carbons (Fsp3) is 0.429. The molecule has 1 aromatic heterocycles. The number of aromatic nitrogens is 2. The van der Waals surface area contributed by atoms with Crippen LogP contribution in [-0.4, -0.2) is 65.3 Å². The van der Waals surface area contributed by atoms with Gasteiger partial charge in [0.25, 0.3) is 0 Å². The first kappa shape index (κ1) is 13.2. The third-order valence-electron chi connectivity index (χ3n) is 3.67. The number of rotatable bonds is 3. The minimum Gasteiger partial charge on any atom is -0.335 e. The van der Waals surface area contributed by atoms with Crippen LogP contribution in [0.3, 0.4) is 0 Å². The lowest BCUT2D eigenvalue weighted by Gasteiger charge is -2.31. The number of H-pyrrole nitrogens is 1. The molecule has 0 atom stereocenters. The standard InChI is InChI=1S/C14H17FN4O/c1-18-4-6-19(7-5-18)9-13(20)14-16-11-3-2-10(15)8-12(11)17-14/h2-3,8H,4-7,9H2,1H3,(H,16,17). The van der Waals surface area contributed by atoms with Crippen molar-refractivity contribution in [2.24, 2.45) is 0 Å². The van der Waals surface area contributed by atoms with Crippen LogP contribution in [0.25, 0.3) is 11.0 Å². The molecule has 6 heteroatoms. The number of ketones is 1. The van der Waals surface area contributed by atoms with Gasteiger partial charge < -0.3 is 9.88 Å². The lowest BCUT2D eigenvalue weighted by molar-refractivity contribution is 0.0867. The number of hydrogen-bond donors (Lipinski definition) is 1. The number of likely N-dealkylation sites (N-methyl/N-ethyl adjacent to an activating group) is 1. The van der Waals surface area contributed by atoms with Gasteiger partial charge in [-0.15, -0.1) is 0 Å². The number of nitrogens with one attached hydrogen (secondary N) is 1. The Bertz CT molecular complexity index is 631. The van der Waals surface area contributed by atoms with E-state index in [1.807, 2.05) is 0 Å². The summed E-state index contributed by atoms with van der Waals surface area (Å²) >= 11 is 0. The van der Waals surface area contributed by atoms with Gasteiger partial charge in [-0.05, 0) is 25.2 Å². The number of imidazole rings is 1. The number of fused-ring (bicyclic) bond motifs is 1. The Labute approximate surface area is 116 Å². The summed E-state index contributed by atoms with van der Waals surface area (Å²) in [5.41, 5.74) is 1.18. The number of benzene rings is 1. The van der Waals surface area contributed by atoms with Gasteiger partial charge in [0.1, 0.15) is 5.82 Å². The van der Waals surface area contributed by atoms with Gasteiger partial charge in [-0.2, -0.15) is 0 Å². The summed E-state index contributed by atoms with van der Waals surface area (Å²) in [4.78, 5) is 23.7. The molecule has 3 rings (SSSR count). The molecule has 1 aliphatic heterocycles. The van der Waals surface area contributed by atoms with E-state index in [0.29, 0.717) is 23.4 Å². The van der Waals surface area contributed by atoms with E-state index in [0.717, 1.165) is 26.2 Å². The van der Waals surface area contributed by atoms with Crippen LogP contribution < -0.4 is 0 Å². The first-order chi connectivity index (χ1) is 9.61. The number of halogens is 1. The predicted molar refractivity (Wildman–Crippen MR) is 74.3 cm³/mol. The third kappa shape index (κ3) is 2.71. The molecule has 1 aromatic carbocycles. The highest BCUT2D eigenvalue weighted by Gasteiger charge is 2.19. The average Bonchev–Trinajstić information content (AvgIpc) is 2.84. The summed E-state index contributed by atoms with van der Waals surface area (Å²) in [6.45, 7) is 4.07. The Morgan fingerprint density at radius 1 is 1.35 bits per heavy atom. The van der Waals surface area contributed by atoms with E-state index in [2.05, 4.69) is 26.8 Å². The molecule has 1 aliphatic rings. The maximum absolute atomic E-state index is 13.1. The van der Waals surface area contributed by atoms with Crippen molar-refractivity contribution in [3.8, 4) is 0 Å². The Kier molecular flexibility index (Phi) is 3.50. The van der Waals surface area contributed by atoms with Crippen LogP contribution in [0.5, 0.6) is 0 Å². The molecule has 2 heterocycles. The van der Waals surface area contributed by atoms with Crippen molar-refractivity contribution < 1.29 is 9.18 Å². The van der Waals surface area contributed by atoms with E-state index >= 15 is 0 Å². The van der Waals surface area contributed by atoms with Crippen LogP contribution in [0, 0.1) is 5.82 Å². The second-order valence-electron chi connectivity index (χ2n) is 5.25. The first-order valence-corrected chi connectivity index (χ1v) is 6.71. The molecule has 20 heavy (non-hydrogen) atoms. The highest BCUT2D eigenvalue weighted by molar-refractivity contribution is 5.97. The molecule has 1 N–H and O–H groups in total. The summed E-state index contributed by atoms with van der Waals surface area (Å²) in [6.07, 6.45) is 0. The van der Waals surface area contributed by atoms with E-state index in [4.69, 9.17) is 0 Å². The zero-order valence-electron chi connectivity index (χ0n) is 11.4. The van der Waals surface area contributed by atoms with Gasteiger partial charge >= 0.3 is 0 Å². The Morgan fingerprint density at radius 2 is 2.10 bits per heavy atom. The molecule has 0 aliphatic carbocycles. The predicted octanol–water partition coefficient (Wildman–Crippen LogP) is 1.13. The molecule has 1 fully saturated rings. The van der Waals surface area contributed by atoms with E-state index in [1.54, 1.807) is 6.07 Å². The van der Waals surface area contributed by atoms with Crippen LogP contribution in [0.2, 0.25) is 0 Å². The number of piperazine rings is 1. The van der Waals surface area contributed by atoms with Gasteiger partial charge in [0.2, 0.25) is 5.78 Å². The highest BCUT2D eigenvalue weighted by Crippen LogP contribution is 2.13. The molecule has 106 valence electrons. The smallest absolute Gasteiger partial charge is 0.211 e. The average molecular weight is 276 g/mol. The summed E-state index contributed by atoms with van der Waals surface area (Å²) in [7, 11) is 2.08. The fourth-order valence-electron chi connectivity index (χ4n) is 2.40. The van der Waals surface area contributed by atoms with E-state index in [1.165, 1.54) is 12.1 Å². The Morgan fingerprint density at radius 3 is 2.85 bits per heavy atom. The molecular weight excluding hydrogens is 259 g/mol. The molecule has 1 saturated heterocycles. The van der Waals surface area contributed by atoms with Crippen molar-refractivity contribution in [3.63, 3.8) is 0 Å². The van der Waals surface area contributed by atoms with Gasteiger partial charge in [-0.25, -0.2) is 9.37 Å². The van der Waals surface area contributed by atoms with Crippen LogP contribution >= 0.6 is 0 Å². The van der Waals surface area contributed by atoms with E-state index < -0.39 is 0 Å². The zero-order chi connectivity index (χ0) is 14.1. The van der Waals surface area contributed by atoms with Crippen molar-refractivity contribution in [3.05, 3.63) is 29.8 Å². The van der Waals surface area contributed by atoms with Gasteiger partial charge in [-0.3, -0.25) is 9.69 Å². The topological polar surface area (TPSA) is 52.2 Å². The molecule has 0 spiro atoms. The number of Topliss-reactive ketones (excluding diaryl/α,β-unsaturated/α-hetero) is 1. The SMILES string of the molecule is CN1CCN(CC(=O)c2nc3ccc(F)cc3[nH]2)CC1.